The third-order valence-electron chi connectivity index (χ3n) is 2.95. The van der Waals surface area contributed by atoms with Crippen LogP contribution in [0.25, 0.3) is 0 Å². The molecule has 0 spiro atoms. The van der Waals surface area contributed by atoms with Gasteiger partial charge >= 0.3 is 0 Å². The lowest BCUT2D eigenvalue weighted by atomic mass is 10.1. The Bertz CT molecular complexity index is 241. The van der Waals surface area contributed by atoms with Crippen molar-refractivity contribution in [3.8, 4) is 0 Å². The van der Waals surface area contributed by atoms with Crippen LogP contribution in [0.4, 0.5) is 0 Å². The van der Waals surface area contributed by atoms with Gasteiger partial charge < -0.3 is 9.47 Å². The summed E-state index contributed by atoms with van der Waals surface area (Å²) in [6, 6.07) is 4.21. The summed E-state index contributed by atoms with van der Waals surface area (Å²) >= 11 is 0. The first kappa shape index (κ1) is 8.82. The smallest absolute Gasteiger partial charge is 0.0260 e. The molecule has 0 radical (unpaired) electrons. The lowest BCUT2D eigenvalue weighted by molar-refractivity contribution is 0.333. The van der Waals surface area contributed by atoms with Crippen molar-refractivity contribution in [3.63, 3.8) is 0 Å². The third kappa shape index (κ3) is 2.13. The Morgan fingerprint density at radius 2 is 2.08 bits per heavy atom. The monoisotopic (exact) mass is 178 g/mol. The second-order valence-corrected chi connectivity index (χ2v) is 3.93. The summed E-state index contributed by atoms with van der Waals surface area (Å²) in [5, 5.41) is 0. The standard InChI is InChI=1S/C11H18N2/c1-2-12-8-5-11(9-12)10-13-6-3-4-7-13/h3-4,6-7,11H,2,5,8-10H2,1H3. The van der Waals surface area contributed by atoms with Crippen LogP contribution in [0.15, 0.2) is 24.5 Å². The SMILES string of the molecule is CCN1CCC(Cn2cccc2)C1. The van der Waals surface area contributed by atoms with E-state index in [1.807, 2.05) is 0 Å². The first-order chi connectivity index (χ1) is 6.38. The van der Waals surface area contributed by atoms with Crippen molar-refractivity contribution < 1.29 is 0 Å². The molecule has 13 heavy (non-hydrogen) atoms. The van der Waals surface area contributed by atoms with Crippen molar-refractivity contribution in [1.29, 1.82) is 0 Å². The zero-order valence-corrected chi connectivity index (χ0v) is 8.32. The molecule has 1 aliphatic rings. The van der Waals surface area contributed by atoms with Gasteiger partial charge in [-0.05, 0) is 37.6 Å². The molecule has 1 aromatic heterocycles. The molecule has 2 heterocycles. The fourth-order valence-electron chi connectivity index (χ4n) is 2.14. The van der Waals surface area contributed by atoms with Gasteiger partial charge in [-0.2, -0.15) is 0 Å². The van der Waals surface area contributed by atoms with Crippen molar-refractivity contribution in [2.45, 2.75) is 19.9 Å². The van der Waals surface area contributed by atoms with Gasteiger partial charge in [-0.25, -0.2) is 0 Å². The molecule has 0 N–H and O–H groups in total. The quantitative estimate of drug-likeness (QED) is 0.685. The highest BCUT2D eigenvalue weighted by Crippen LogP contribution is 2.17. The molecule has 0 saturated carbocycles. The Hall–Kier alpha value is -0.760. The van der Waals surface area contributed by atoms with Crippen LogP contribution in [0.2, 0.25) is 0 Å². The predicted molar refractivity (Wildman–Crippen MR) is 54.7 cm³/mol. The Morgan fingerprint density at radius 3 is 2.69 bits per heavy atom. The maximum atomic E-state index is 2.54. The summed E-state index contributed by atoms with van der Waals surface area (Å²) in [5.74, 6) is 0.868. The van der Waals surface area contributed by atoms with Gasteiger partial charge in [0.05, 0.1) is 0 Å². The molecule has 1 aromatic rings. The van der Waals surface area contributed by atoms with Crippen LogP contribution in [0.1, 0.15) is 13.3 Å². The molecule has 72 valence electrons. The van der Waals surface area contributed by atoms with Crippen molar-refractivity contribution >= 4 is 0 Å². The molecule has 1 fully saturated rings. The van der Waals surface area contributed by atoms with E-state index in [1.165, 1.54) is 32.6 Å². The van der Waals surface area contributed by atoms with E-state index in [9.17, 15) is 0 Å². The van der Waals surface area contributed by atoms with Crippen LogP contribution in [-0.4, -0.2) is 29.1 Å². The summed E-state index contributed by atoms with van der Waals surface area (Å²) in [4.78, 5) is 2.54. The fourth-order valence-corrected chi connectivity index (χ4v) is 2.14. The number of nitrogens with zero attached hydrogens (tertiary/aromatic N) is 2. The highest BCUT2D eigenvalue weighted by atomic mass is 15.1. The second kappa shape index (κ2) is 3.97. The van der Waals surface area contributed by atoms with Crippen LogP contribution in [-0.2, 0) is 6.54 Å². The van der Waals surface area contributed by atoms with Gasteiger partial charge in [0.15, 0.2) is 0 Å². The van der Waals surface area contributed by atoms with Crippen molar-refractivity contribution in [2.24, 2.45) is 5.92 Å². The fraction of sp³-hybridized carbons (Fsp3) is 0.636. The normalized spacial score (nSPS) is 23.9. The summed E-state index contributed by atoms with van der Waals surface area (Å²) < 4.78 is 2.30. The minimum absolute atomic E-state index is 0.868. The van der Waals surface area contributed by atoms with E-state index in [0.717, 1.165) is 5.92 Å². The van der Waals surface area contributed by atoms with Gasteiger partial charge in [-0.3, -0.25) is 0 Å². The molecule has 1 atom stereocenters. The maximum absolute atomic E-state index is 2.54. The van der Waals surface area contributed by atoms with Crippen LogP contribution >= 0.6 is 0 Å². The maximum Gasteiger partial charge on any atom is 0.0260 e. The van der Waals surface area contributed by atoms with Crippen molar-refractivity contribution in [2.75, 3.05) is 19.6 Å². The van der Waals surface area contributed by atoms with Gasteiger partial charge in [-0.1, -0.05) is 6.92 Å². The third-order valence-corrected chi connectivity index (χ3v) is 2.95. The van der Waals surface area contributed by atoms with E-state index in [4.69, 9.17) is 0 Å². The first-order valence-electron chi connectivity index (χ1n) is 5.21. The Morgan fingerprint density at radius 1 is 1.31 bits per heavy atom. The highest BCUT2D eigenvalue weighted by Gasteiger charge is 2.20. The van der Waals surface area contributed by atoms with Crippen LogP contribution in [0.3, 0.4) is 0 Å². The van der Waals surface area contributed by atoms with Gasteiger partial charge in [-0.15, -0.1) is 0 Å². The minimum Gasteiger partial charge on any atom is -0.354 e. The average molecular weight is 178 g/mol. The van der Waals surface area contributed by atoms with Crippen LogP contribution < -0.4 is 0 Å². The molecule has 1 saturated heterocycles. The zero-order valence-electron chi connectivity index (χ0n) is 8.32. The Balaban J connectivity index is 1.84. The highest BCUT2D eigenvalue weighted by molar-refractivity contribution is 4.91. The van der Waals surface area contributed by atoms with E-state index >= 15 is 0 Å². The van der Waals surface area contributed by atoms with Crippen molar-refractivity contribution in [1.82, 2.24) is 9.47 Å². The topological polar surface area (TPSA) is 8.17 Å². The molecule has 0 amide bonds. The summed E-state index contributed by atoms with van der Waals surface area (Å²) in [6.07, 6.45) is 5.69. The first-order valence-corrected chi connectivity index (χ1v) is 5.21. The van der Waals surface area contributed by atoms with Gasteiger partial charge in [0.1, 0.15) is 0 Å². The molecule has 0 aromatic carbocycles. The molecular weight excluding hydrogens is 160 g/mol. The number of hydrogen-bond donors (Lipinski definition) is 0. The van der Waals surface area contributed by atoms with E-state index in [2.05, 4.69) is 40.9 Å². The average Bonchev–Trinajstić information content (AvgIpc) is 2.76. The number of hydrogen-bond acceptors (Lipinski definition) is 1. The minimum atomic E-state index is 0.868. The molecule has 0 aliphatic carbocycles. The summed E-state index contributed by atoms with van der Waals surface area (Å²) in [6.45, 7) is 7.24. The molecule has 2 rings (SSSR count). The number of aromatic nitrogens is 1. The number of rotatable bonds is 3. The predicted octanol–water partition coefficient (Wildman–Crippen LogP) is 1.83. The molecule has 1 unspecified atom stereocenters. The van der Waals surface area contributed by atoms with Crippen LogP contribution in [0.5, 0.6) is 0 Å². The largest absolute Gasteiger partial charge is 0.354 e. The van der Waals surface area contributed by atoms with E-state index < -0.39 is 0 Å². The van der Waals surface area contributed by atoms with Crippen molar-refractivity contribution in [3.05, 3.63) is 24.5 Å². The zero-order chi connectivity index (χ0) is 9.10. The molecule has 2 nitrogen and oxygen atoms in total. The summed E-state index contributed by atoms with van der Waals surface area (Å²) in [5.41, 5.74) is 0. The lowest BCUT2D eigenvalue weighted by Gasteiger charge is -2.13. The molecule has 0 bridgehead atoms. The molecule has 2 heteroatoms. The number of likely N-dealkylation sites (tertiary alicyclic amines) is 1. The molecule has 1 aliphatic heterocycles. The lowest BCUT2D eigenvalue weighted by Crippen LogP contribution is -2.21. The van der Waals surface area contributed by atoms with Gasteiger partial charge in [0, 0.05) is 25.5 Å². The second-order valence-electron chi connectivity index (χ2n) is 3.93. The Kier molecular flexibility index (Phi) is 2.69. The van der Waals surface area contributed by atoms with E-state index in [1.54, 1.807) is 0 Å². The Labute approximate surface area is 80.2 Å². The summed E-state index contributed by atoms with van der Waals surface area (Å²) in [7, 11) is 0. The van der Waals surface area contributed by atoms with E-state index in [0.29, 0.717) is 0 Å². The van der Waals surface area contributed by atoms with Crippen LogP contribution in [0, 0.1) is 5.92 Å². The van der Waals surface area contributed by atoms with Gasteiger partial charge in [0.2, 0.25) is 0 Å². The van der Waals surface area contributed by atoms with Gasteiger partial charge in [0.25, 0.3) is 0 Å². The van der Waals surface area contributed by atoms with E-state index in [-0.39, 0.29) is 0 Å². The molecular formula is C11H18N2.